The van der Waals surface area contributed by atoms with Crippen molar-refractivity contribution in [2.75, 3.05) is 19.8 Å². The fourth-order valence-corrected chi connectivity index (χ4v) is 1.04. The van der Waals surface area contributed by atoms with Gasteiger partial charge in [-0.25, -0.2) is 4.79 Å². The number of unbranched alkanes of at least 4 members (excludes halogenated alkanes) is 1. The smallest absolute Gasteiger partial charge is 0.338 e. The Morgan fingerprint density at radius 1 is 1.11 bits per heavy atom. The highest BCUT2D eigenvalue weighted by atomic mass is 16.5. The van der Waals surface area contributed by atoms with Gasteiger partial charge in [-0.1, -0.05) is 0 Å². The summed E-state index contributed by atoms with van der Waals surface area (Å²) in [5, 5.41) is 25.1. The summed E-state index contributed by atoms with van der Waals surface area (Å²) in [6, 6.07) is 5.94. The van der Waals surface area contributed by atoms with Crippen LogP contribution >= 0.6 is 0 Å². The van der Waals surface area contributed by atoms with Crippen LogP contribution in [0, 0.1) is 0 Å². The molecule has 0 saturated carbocycles. The highest BCUT2D eigenvalue weighted by molar-refractivity contribution is 5.89. The molecule has 0 atom stereocenters. The van der Waals surface area contributed by atoms with Gasteiger partial charge in [-0.15, -0.1) is 0 Å². The van der Waals surface area contributed by atoms with Crippen molar-refractivity contribution in [2.45, 2.75) is 19.8 Å². The molecule has 1 aromatic carbocycles. The van der Waals surface area contributed by atoms with Crippen LogP contribution in [0.4, 0.5) is 0 Å². The minimum absolute atomic E-state index is 0.142. The maximum absolute atomic E-state index is 11.1. The molecule has 0 fully saturated rings. The summed E-state index contributed by atoms with van der Waals surface area (Å²) in [5.41, 5.74) is 0.453. The first-order valence-electron chi connectivity index (χ1n) is 5.83. The molecule has 0 radical (unpaired) electrons. The third kappa shape index (κ3) is 7.65. The van der Waals surface area contributed by atoms with E-state index in [1.807, 2.05) is 0 Å². The van der Waals surface area contributed by atoms with Gasteiger partial charge < -0.3 is 20.1 Å². The maximum atomic E-state index is 11.1. The second-order valence-electron chi connectivity index (χ2n) is 3.42. The predicted molar refractivity (Wildman–Crippen MR) is 67.5 cm³/mol. The van der Waals surface area contributed by atoms with Crippen LogP contribution in [0.5, 0.6) is 5.75 Å². The topological polar surface area (TPSA) is 87.0 Å². The minimum atomic E-state index is -0.363. The Morgan fingerprint density at radius 3 is 2.00 bits per heavy atom. The SMILES string of the molecule is CCOC(=O)c1ccc(O)cc1.OCCCCO. The summed E-state index contributed by atoms with van der Waals surface area (Å²) in [4.78, 5) is 11.1. The Bertz CT molecular complexity index is 317. The largest absolute Gasteiger partial charge is 0.508 e. The van der Waals surface area contributed by atoms with Crippen molar-refractivity contribution < 1.29 is 24.9 Å². The summed E-state index contributed by atoms with van der Waals surface area (Å²) in [7, 11) is 0. The lowest BCUT2D eigenvalue weighted by Gasteiger charge is -2.00. The van der Waals surface area contributed by atoms with Gasteiger partial charge in [0, 0.05) is 13.2 Å². The number of phenols is 1. The molecule has 0 saturated heterocycles. The molecule has 3 N–H and O–H groups in total. The standard InChI is InChI=1S/C9H10O3.C4H10O2/c1-2-12-9(11)7-3-5-8(10)6-4-7;5-3-1-2-4-6/h3-6,10H,2H2,1H3;5-6H,1-4H2. The van der Waals surface area contributed by atoms with Crippen LogP contribution < -0.4 is 0 Å². The molecule has 0 heterocycles. The van der Waals surface area contributed by atoms with Crippen LogP contribution in [0.25, 0.3) is 0 Å². The molecule has 0 aliphatic rings. The fourth-order valence-electron chi connectivity index (χ4n) is 1.04. The lowest BCUT2D eigenvalue weighted by atomic mass is 10.2. The Kier molecular flexibility index (Phi) is 9.62. The molecule has 0 unspecified atom stereocenters. The summed E-state index contributed by atoms with van der Waals surface area (Å²) in [5.74, 6) is -0.222. The number of esters is 1. The molecule has 0 aromatic heterocycles. The van der Waals surface area contributed by atoms with Crippen molar-refractivity contribution in [1.82, 2.24) is 0 Å². The van der Waals surface area contributed by atoms with Crippen LogP contribution in [0.2, 0.25) is 0 Å². The van der Waals surface area contributed by atoms with Crippen molar-refractivity contribution >= 4 is 5.97 Å². The number of aliphatic hydroxyl groups excluding tert-OH is 2. The molecular weight excluding hydrogens is 236 g/mol. The van der Waals surface area contributed by atoms with E-state index in [0.29, 0.717) is 12.2 Å². The van der Waals surface area contributed by atoms with Gasteiger partial charge in [-0.2, -0.15) is 0 Å². The number of hydrogen-bond acceptors (Lipinski definition) is 5. The number of phenolic OH excluding ortho intramolecular Hbond substituents is 1. The van der Waals surface area contributed by atoms with Gasteiger partial charge in [-0.05, 0) is 44.0 Å². The third-order valence-electron chi connectivity index (χ3n) is 1.94. The van der Waals surface area contributed by atoms with E-state index in [1.165, 1.54) is 24.3 Å². The number of carbonyl (C=O) groups is 1. The van der Waals surface area contributed by atoms with Crippen LogP contribution in [-0.4, -0.2) is 41.1 Å². The molecule has 5 nitrogen and oxygen atoms in total. The number of ether oxygens (including phenoxy) is 1. The monoisotopic (exact) mass is 256 g/mol. The number of rotatable bonds is 5. The molecule has 0 aliphatic heterocycles. The molecular formula is C13H20O5. The van der Waals surface area contributed by atoms with Gasteiger partial charge in [0.05, 0.1) is 12.2 Å². The lowest BCUT2D eigenvalue weighted by Crippen LogP contribution is -2.03. The predicted octanol–water partition coefficient (Wildman–Crippen LogP) is 1.32. The van der Waals surface area contributed by atoms with Gasteiger partial charge in [0.1, 0.15) is 5.75 Å². The third-order valence-corrected chi connectivity index (χ3v) is 1.94. The molecule has 5 heteroatoms. The minimum Gasteiger partial charge on any atom is -0.508 e. The maximum Gasteiger partial charge on any atom is 0.338 e. The van der Waals surface area contributed by atoms with Crippen molar-refractivity contribution in [3.05, 3.63) is 29.8 Å². The molecule has 0 bridgehead atoms. The second-order valence-corrected chi connectivity index (χ2v) is 3.42. The number of benzene rings is 1. The molecule has 18 heavy (non-hydrogen) atoms. The van der Waals surface area contributed by atoms with E-state index in [-0.39, 0.29) is 24.9 Å². The van der Waals surface area contributed by atoms with Gasteiger partial charge >= 0.3 is 5.97 Å². The number of aromatic hydroxyl groups is 1. The first-order chi connectivity index (χ1) is 8.65. The molecule has 1 aromatic rings. The van der Waals surface area contributed by atoms with Crippen LogP contribution in [0.3, 0.4) is 0 Å². The highest BCUT2D eigenvalue weighted by Crippen LogP contribution is 2.10. The Balaban J connectivity index is 0.000000411. The van der Waals surface area contributed by atoms with Gasteiger partial charge in [-0.3, -0.25) is 0 Å². The molecule has 0 amide bonds. The van der Waals surface area contributed by atoms with E-state index in [9.17, 15) is 4.79 Å². The highest BCUT2D eigenvalue weighted by Gasteiger charge is 2.04. The van der Waals surface area contributed by atoms with E-state index in [4.69, 9.17) is 20.1 Å². The van der Waals surface area contributed by atoms with Crippen molar-refractivity contribution in [2.24, 2.45) is 0 Å². The zero-order valence-corrected chi connectivity index (χ0v) is 10.5. The number of hydrogen-bond donors (Lipinski definition) is 3. The quantitative estimate of drug-likeness (QED) is 0.546. The Hall–Kier alpha value is -1.59. The van der Waals surface area contributed by atoms with Crippen molar-refractivity contribution in [1.29, 1.82) is 0 Å². The molecule has 102 valence electrons. The average Bonchev–Trinajstić information content (AvgIpc) is 2.38. The van der Waals surface area contributed by atoms with E-state index < -0.39 is 0 Å². The molecule has 1 rings (SSSR count). The number of aliphatic hydroxyl groups is 2. The van der Waals surface area contributed by atoms with Gasteiger partial charge in [0.15, 0.2) is 0 Å². The Morgan fingerprint density at radius 2 is 1.61 bits per heavy atom. The lowest BCUT2D eigenvalue weighted by molar-refractivity contribution is 0.0526. The summed E-state index contributed by atoms with van der Waals surface area (Å²) in [6.45, 7) is 2.50. The molecule has 0 aliphatic carbocycles. The summed E-state index contributed by atoms with van der Waals surface area (Å²) >= 11 is 0. The van der Waals surface area contributed by atoms with Gasteiger partial charge in [0.25, 0.3) is 0 Å². The fraction of sp³-hybridized carbons (Fsp3) is 0.462. The Labute approximate surface area is 107 Å². The van der Waals surface area contributed by atoms with E-state index >= 15 is 0 Å². The first-order valence-corrected chi connectivity index (χ1v) is 5.83. The zero-order chi connectivity index (χ0) is 13.8. The van der Waals surface area contributed by atoms with Crippen LogP contribution in [0.15, 0.2) is 24.3 Å². The van der Waals surface area contributed by atoms with Gasteiger partial charge in [0.2, 0.25) is 0 Å². The van der Waals surface area contributed by atoms with Crippen molar-refractivity contribution in [3.8, 4) is 5.75 Å². The van der Waals surface area contributed by atoms with E-state index in [2.05, 4.69) is 0 Å². The molecule has 0 spiro atoms. The summed E-state index contributed by atoms with van der Waals surface area (Å²) in [6.07, 6.45) is 1.44. The summed E-state index contributed by atoms with van der Waals surface area (Å²) < 4.78 is 4.75. The first kappa shape index (κ1) is 16.4. The van der Waals surface area contributed by atoms with E-state index in [1.54, 1.807) is 6.92 Å². The normalized spacial score (nSPS) is 9.28. The van der Waals surface area contributed by atoms with Crippen LogP contribution in [0.1, 0.15) is 30.1 Å². The zero-order valence-electron chi connectivity index (χ0n) is 10.5. The van der Waals surface area contributed by atoms with Crippen LogP contribution in [-0.2, 0) is 4.74 Å². The van der Waals surface area contributed by atoms with E-state index in [0.717, 1.165) is 12.8 Å². The average molecular weight is 256 g/mol. The number of carbonyl (C=O) groups excluding carboxylic acids is 1. The van der Waals surface area contributed by atoms with Crippen molar-refractivity contribution in [3.63, 3.8) is 0 Å². The second kappa shape index (κ2) is 10.6.